The van der Waals surface area contributed by atoms with Crippen LogP contribution in [0.2, 0.25) is 0 Å². The molecule has 1 heteroatoms. The monoisotopic (exact) mass is 188 g/mol. The normalized spacial score (nSPS) is 20.1. The van der Waals surface area contributed by atoms with Crippen LogP contribution in [0.4, 0.5) is 0 Å². The van der Waals surface area contributed by atoms with Crippen molar-refractivity contribution in [3.05, 3.63) is 35.9 Å². The zero-order valence-electron chi connectivity index (χ0n) is 8.79. The van der Waals surface area contributed by atoms with Gasteiger partial charge in [0.15, 0.2) is 0 Å². The van der Waals surface area contributed by atoms with Gasteiger partial charge in [0.2, 0.25) is 0 Å². The molecule has 14 heavy (non-hydrogen) atoms. The predicted molar refractivity (Wildman–Crippen MR) is 57.2 cm³/mol. The molecule has 0 N–H and O–H groups in total. The molecular formula is C13H16O. The van der Waals surface area contributed by atoms with E-state index in [1.165, 1.54) is 5.56 Å². The first-order chi connectivity index (χ1) is 6.67. The Hall–Kier alpha value is -1.11. The van der Waals surface area contributed by atoms with Crippen LogP contribution >= 0.6 is 0 Å². The Morgan fingerprint density at radius 1 is 1.29 bits per heavy atom. The molecule has 1 nitrogen and oxygen atoms in total. The number of carbonyl (C=O) groups is 1. The molecule has 0 radical (unpaired) electrons. The average molecular weight is 188 g/mol. The van der Waals surface area contributed by atoms with Crippen LogP contribution in [0.3, 0.4) is 0 Å². The summed E-state index contributed by atoms with van der Waals surface area (Å²) in [4.78, 5) is 11.4. The maximum absolute atomic E-state index is 11.4. The molecule has 1 aromatic carbocycles. The minimum Gasteiger partial charge on any atom is -0.300 e. The zero-order valence-corrected chi connectivity index (χ0v) is 8.79. The zero-order chi connectivity index (χ0) is 10.2. The van der Waals surface area contributed by atoms with Gasteiger partial charge in [-0.15, -0.1) is 0 Å². The molecule has 2 rings (SSSR count). The van der Waals surface area contributed by atoms with Crippen LogP contribution in [0.25, 0.3) is 0 Å². The summed E-state index contributed by atoms with van der Waals surface area (Å²) in [5.74, 6) is 0.483. The Kier molecular flexibility index (Phi) is 2.18. The molecule has 0 saturated heterocycles. The third-order valence-corrected chi connectivity index (χ3v) is 3.58. The van der Waals surface area contributed by atoms with E-state index in [1.54, 1.807) is 6.92 Å². The van der Waals surface area contributed by atoms with Gasteiger partial charge in [-0.25, -0.2) is 0 Å². The SMILES string of the molecule is CC(=O)C(C)C1(c2ccccc2)CC1. The maximum atomic E-state index is 11.4. The molecule has 0 amide bonds. The van der Waals surface area contributed by atoms with E-state index in [0.29, 0.717) is 5.78 Å². The van der Waals surface area contributed by atoms with Gasteiger partial charge in [0.25, 0.3) is 0 Å². The third-order valence-electron chi connectivity index (χ3n) is 3.58. The summed E-state index contributed by atoms with van der Waals surface area (Å²) >= 11 is 0. The van der Waals surface area contributed by atoms with E-state index < -0.39 is 0 Å². The van der Waals surface area contributed by atoms with E-state index in [1.807, 2.05) is 6.07 Å². The summed E-state index contributed by atoms with van der Waals surface area (Å²) < 4.78 is 0. The van der Waals surface area contributed by atoms with Crippen molar-refractivity contribution in [2.45, 2.75) is 32.1 Å². The van der Waals surface area contributed by atoms with Crippen molar-refractivity contribution in [1.29, 1.82) is 0 Å². The van der Waals surface area contributed by atoms with Gasteiger partial charge in [-0.2, -0.15) is 0 Å². The van der Waals surface area contributed by atoms with Gasteiger partial charge in [-0.1, -0.05) is 37.3 Å². The van der Waals surface area contributed by atoms with Gasteiger partial charge in [0.1, 0.15) is 5.78 Å². The largest absolute Gasteiger partial charge is 0.300 e. The van der Waals surface area contributed by atoms with Crippen molar-refractivity contribution in [3.63, 3.8) is 0 Å². The highest BCUT2D eigenvalue weighted by Gasteiger charge is 2.50. The Morgan fingerprint density at radius 3 is 2.29 bits per heavy atom. The summed E-state index contributed by atoms with van der Waals surface area (Å²) in [6.07, 6.45) is 2.33. The molecule has 74 valence electrons. The first-order valence-electron chi connectivity index (χ1n) is 5.23. The Labute approximate surface area is 85.1 Å². The van der Waals surface area contributed by atoms with E-state index >= 15 is 0 Å². The van der Waals surface area contributed by atoms with E-state index in [0.717, 1.165) is 12.8 Å². The number of benzene rings is 1. The Bertz CT molecular complexity index is 336. The van der Waals surface area contributed by atoms with Gasteiger partial charge in [-0.3, -0.25) is 4.79 Å². The van der Waals surface area contributed by atoms with Crippen molar-refractivity contribution in [3.8, 4) is 0 Å². The molecule has 0 heterocycles. The molecule has 0 aromatic heterocycles. The average Bonchev–Trinajstić information content (AvgIpc) is 2.99. The van der Waals surface area contributed by atoms with Gasteiger partial charge in [-0.05, 0) is 25.3 Å². The van der Waals surface area contributed by atoms with Crippen LogP contribution in [0, 0.1) is 5.92 Å². The lowest BCUT2D eigenvalue weighted by Crippen LogP contribution is -2.23. The Morgan fingerprint density at radius 2 is 1.86 bits per heavy atom. The standard InChI is InChI=1S/C13H16O/c1-10(11(2)14)13(8-9-13)12-6-4-3-5-7-12/h3-7,10H,8-9H2,1-2H3. The lowest BCUT2D eigenvalue weighted by atomic mass is 9.82. The van der Waals surface area contributed by atoms with E-state index in [2.05, 4.69) is 31.2 Å². The molecule has 0 bridgehead atoms. The highest BCUT2D eigenvalue weighted by molar-refractivity contribution is 5.80. The van der Waals surface area contributed by atoms with Gasteiger partial charge >= 0.3 is 0 Å². The molecule has 0 spiro atoms. The number of hydrogen-bond acceptors (Lipinski definition) is 1. The summed E-state index contributed by atoms with van der Waals surface area (Å²) in [5, 5.41) is 0. The van der Waals surface area contributed by atoms with Crippen LogP contribution < -0.4 is 0 Å². The van der Waals surface area contributed by atoms with Crippen LogP contribution in [-0.2, 0) is 10.2 Å². The lowest BCUT2D eigenvalue weighted by molar-refractivity contribution is -0.121. The van der Waals surface area contributed by atoms with Gasteiger partial charge in [0, 0.05) is 11.3 Å². The molecule has 0 aliphatic heterocycles. The number of Topliss-reactive ketones (excluding diaryl/α,β-unsaturated/α-hetero) is 1. The molecule has 1 aromatic rings. The first kappa shape index (κ1) is 9.45. The summed E-state index contributed by atoms with van der Waals surface area (Å²) in [7, 11) is 0. The quantitative estimate of drug-likeness (QED) is 0.712. The van der Waals surface area contributed by atoms with Crippen molar-refractivity contribution >= 4 is 5.78 Å². The number of ketones is 1. The first-order valence-corrected chi connectivity index (χ1v) is 5.23. The van der Waals surface area contributed by atoms with Crippen molar-refractivity contribution in [1.82, 2.24) is 0 Å². The third kappa shape index (κ3) is 1.37. The fourth-order valence-corrected chi connectivity index (χ4v) is 2.27. The number of hydrogen-bond donors (Lipinski definition) is 0. The van der Waals surface area contributed by atoms with Crippen molar-refractivity contribution in [2.75, 3.05) is 0 Å². The van der Waals surface area contributed by atoms with Crippen LogP contribution in [0.15, 0.2) is 30.3 Å². The van der Waals surface area contributed by atoms with Crippen molar-refractivity contribution in [2.24, 2.45) is 5.92 Å². The van der Waals surface area contributed by atoms with E-state index in [-0.39, 0.29) is 11.3 Å². The maximum Gasteiger partial charge on any atom is 0.133 e. The Balaban J connectivity index is 2.30. The van der Waals surface area contributed by atoms with Crippen LogP contribution in [-0.4, -0.2) is 5.78 Å². The molecule has 1 aliphatic rings. The molecular weight excluding hydrogens is 172 g/mol. The summed E-state index contributed by atoms with van der Waals surface area (Å²) in [6, 6.07) is 10.4. The number of rotatable bonds is 3. The van der Waals surface area contributed by atoms with E-state index in [9.17, 15) is 4.79 Å². The minimum atomic E-state index is 0.171. The topological polar surface area (TPSA) is 17.1 Å². The van der Waals surface area contributed by atoms with E-state index in [4.69, 9.17) is 0 Å². The predicted octanol–water partition coefficient (Wildman–Crippen LogP) is 2.94. The fraction of sp³-hybridized carbons (Fsp3) is 0.462. The van der Waals surface area contributed by atoms with Crippen molar-refractivity contribution < 1.29 is 4.79 Å². The lowest BCUT2D eigenvalue weighted by Gasteiger charge is -2.21. The highest BCUT2D eigenvalue weighted by atomic mass is 16.1. The summed E-state index contributed by atoms with van der Waals surface area (Å²) in [5.41, 5.74) is 1.51. The minimum absolute atomic E-state index is 0.171. The second-order valence-corrected chi connectivity index (χ2v) is 4.35. The molecule has 1 aliphatic carbocycles. The highest BCUT2D eigenvalue weighted by Crippen LogP contribution is 2.53. The molecule has 1 unspecified atom stereocenters. The second-order valence-electron chi connectivity index (χ2n) is 4.35. The molecule has 1 saturated carbocycles. The second kappa shape index (κ2) is 3.23. The van der Waals surface area contributed by atoms with Crippen LogP contribution in [0.1, 0.15) is 32.3 Å². The number of carbonyl (C=O) groups excluding carboxylic acids is 1. The molecule has 1 fully saturated rings. The smallest absolute Gasteiger partial charge is 0.133 e. The van der Waals surface area contributed by atoms with Crippen LogP contribution in [0.5, 0.6) is 0 Å². The van der Waals surface area contributed by atoms with Gasteiger partial charge < -0.3 is 0 Å². The fourth-order valence-electron chi connectivity index (χ4n) is 2.27. The summed E-state index contributed by atoms with van der Waals surface area (Å²) in [6.45, 7) is 3.76. The van der Waals surface area contributed by atoms with Gasteiger partial charge in [0.05, 0.1) is 0 Å². The molecule has 1 atom stereocenters.